The molecule has 0 aliphatic carbocycles. The molecule has 1 saturated heterocycles. The maximum absolute atomic E-state index is 10.6. The number of esters is 2. The summed E-state index contributed by atoms with van der Waals surface area (Å²) in [5.41, 5.74) is 0. The van der Waals surface area contributed by atoms with Crippen molar-refractivity contribution in [3.05, 3.63) is 19.3 Å². The summed E-state index contributed by atoms with van der Waals surface area (Å²) in [7, 11) is 0. The van der Waals surface area contributed by atoms with Gasteiger partial charge in [-0.3, -0.25) is 9.59 Å². The van der Waals surface area contributed by atoms with E-state index in [0.29, 0.717) is 0 Å². The molecule has 12 heavy (non-hydrogen) atoms. The van der Waals surface area contributed by atoms with Gasteiger partial charge in [0, 0.05) is 13.3 Å². The molecular formula is C8H9O4. The summed E-state index contributed by atoms with van der Waals surface area (Å²) in [5, 5.41) is 0. The largest absolute Gasteiger partial charge is 0.462 e. The van der Waals surface area contributed by atoms with Crippen LogP contribution in [0.2, 0.25) is 0 Å². The van der Waals surface area contributed by atoms with Gasteiger partial charge in [-0.2, -0.15) is 0 Å². The fourth-order valence-electron chi connectivity index (χ4n) is 0.775. The Labute approximate surface area is 70.8 Å². The number of hydrogen-bond donors (Lipinski definition) is 0. The molecule has 1 atom stereocenters. The van der Waals surface area contributed by atoms with E-state index >= 15 is 0 Å². The molecule has 0 bridgehead atoms. The first-order valence-electron chi connectivity index (χ1n) is 3.54. The SMILES string of the molecule is CC(=O)OC[C@@H]1[CH][CH][CH]C(=O)O1. The van der Waals surface area contributed by atoms with Crippen LogP contribution in [0.15, 0.2) is 0 Å². The van der Waals surface area contributed by atoms with Crippen LogP contribution in [0.5, 0.6) is 0 Å². The second kappa shape index (κ2) is 4.09. The van der Waals surface area contributed by atoms with Crippen molar-refractivity contribution in [2.24, 2.45) is 0 Å². The molecule has 0 saturated carbocycles. The van der Waals surface area contributed by atoms with Gasteiger partial charge >= 0.3 is 11.9 Å². The van der Waals surface area contributed by atoms with Crippen LogP contribution in [0.25, 0.3) is 0 Å². The molecule has 65 valence electrons. The van der Waals surface area contributed by atoms with Crippen LogP contribution in [0.4, 0.5) is 0 Å². The summed E-state index contributed by atoms with van der Waals surface area (Å²) in [5.74, 6) is -0.788. The Bertz CT molecular complexity index is 187. The van der Waals surface area contributed by atoms with Gasteiger partial charge in [0.05, 0.1) is 6.42 Å². The Morgan fingerprint density at radius 1 is 1.75 bits per heavy atom. The highest BCUT2D eigenvalue weighted by atomic mass is 16.6. The van der Waals surface area contributed by atoms with Crippen molar-refractivity contribution in [2.75, 3.05) is 6.61 Å². The lowest BCUT2D eigenvalue weighted by atomic mass is 10.1. The number of ether oxygens (including phenoxy) is 2. The van der Waals surface area contributed by atoms with Gasteiger partial charge in [0.15, 0.2) is 0 Å². The van der Waals surface area contributed by atoms with Crippen LogP contribution >= 0.6 is 0 Å². The molecular weight excluding hydrogens is 160 g/mol. The molecule has 4 heteroatoms. The molecule has 0 N–H and O–H groups in total. The zero-order valence-corrected chi connectivity index (χ0v) is 6.65. The molecule has 4 nitrogen and oxygen atoms in total. The monoisotopic (exact) mass is 169 g/mol. The third-order valence-electron chi connectivity index (χ3n) is 1.28. The fraction of sp³-hybridized carbons (Fsp3) is 0.375. The van der Waals surface area contributed by atoms with Crippen molar-refractivity contribution < 1.29 is 19.1 Å². The van der Waals surface area contributed by atoms with E-state index in [-0.39, 0.29) is 12.6 Å². The lowest BCUT2D eigenvalue weighted by Gasteiger charge is -2.20. The van der Waals surface area contributed by atoms with Crippen LogP contribution < -0.4 is 0 Å². The molecule has 1 aliphatic rings. The number of cyclic esters (lactones) is 1. The summed E-state index contributed by atoms with van der Waals surface area (Å²) in [4.78, 5) is 21.0. The molecule has 0 unspecified atom stereocenters. The van der Waals surface area contributed by atoms with Crippen LogP contribution in [-0.4, -0.2) is 24.6 Å². The highest BCUT2D eigenvalue weighted by Crippen LogP contribution is 2.11. The predicted octanol–water partition coefficient (Wildman–Crippen LogP) is 0.0878. The minimum atomic E-state index is -0.439. The quantitative estimate of drug-likeness (QED) is 0.549. The summed E-state index contributed by atoms with van der Waals surface area (Å²) in [6, 6.07) is 0. The standard InChI is InChI=1S/C8H9O4/c1-6(9)11-5-7-3-2-4-8(10)12-7/h2-4,7H,5H2,1H3/t7-/m0/s1. The van der Waals surface area contributed by atoms with Crippen LogP contribution in [0, 0.1) is 19.3 Å². The number of hydrogen-bond acceptors (Lipinski definition) is 4. The van der Waals surface area contributed by atoms with E-state index in [4.69, 9.17) is 4.74 Å². The number of carbonyl (C=O) groups is 2. The van der Waals surface area contributed by atoms with Gasteiger partial charge in [-0.25, -0.2) is 0 Å². The van der Waals surface area contributed by atoms with E-state index in [9.17, 15) is 9.59 Å². The topological polar surface area (TPSA) is 52.6 Å². The first-order valence-corrected chi connectivity index (χ1v) is 3.54. The number of rotatable bonds is 2. The Balaban J connectivity index is 2.23. The van der Waals surface area contributed by atoms with Crippen LogP contribution in [0.3, 0.4) is 0 Å². The average Bonchev–Trinajstić information content (AvgIpc) is 2.01. The lowest BCUT2D eigenvalue weighted by Crippen LogP contribution is -2.29. The predicted molar refractivity (Wildman–Crippen MR) is 39.4 cm³/mol. The highest BCUT2D eigenvalue weighted by Gasteiger charge is 2.21. The van der Waals surface area contributed by atoms with E-state index in [1.165, 1.54) is 13.3 Å². The summed E-state index contributed by atoms with van der Waals surface area (Å²) < 4.78 is 9.43. The first-order chi connectivity index (χ1) is 5.68. The van der Waals surface area contributed by atoms with E-state index in [2.05, 4.69) is 4.74 Å². The van der Waals surface area contributed by atoms with Gasteiger partial charge in [-0.1, -0.05) is 0 Å². The molecule has 0 amide bonds. The van der Waals surface area contributed by atoms with Gasteiger partial charge in [0.1, 0.15) is 12.7 Å². The third-order valence-corrected chi connectivity index (χ3v) is 1.28. The van der Waals surface area contributed by atoms with E-state index in [0.717, 1.165) is 0 Å². The van der Waals surface area contributed by atoms with Gasteiger partial charge in [-0.15, -0.1) is 0 Å². The lowest BCUT2D eigenvalue weighted by molar-refractivity contribution is -0.154. The van der Waals surface area contributed by atoms with Gasteiger partial charge < -0.3 is 9.47 Å². The smallest absolute Gasteiger partial charge is 0.310 e. The van der Waals surface area contributed by atoms with Gasteiger partial charge in [0.2, 0.25) is 0 Å². The Hall–Kier alpha value is -1.06. The van der Waals surface area contributed by atoms with Crippen molar-refractivity contribution in [2.45, 2.75) is 13.0 Å². The molecule has 0 aromatic rings. The van der Waals surface area contributed by atoms with Crippen LogP contribution in [0.1, 0.15) is 6.92 Å². The first kappa shape index (κ1) is 9.03. The molecule has 1 aliphatic heterocycles. The normalized spacial score (nSPS) is 23.1. The van der Waals surface area contributed by atoms with E-state index in [1.54, 1.807) is 12.8 Å². The van der Waals surface area contributed by atoms with Crippen molar-refractivity contribution in [3.8, 4) is 0 Å². The highest BCUT2D eigenvalue weighted by molar-refractivity contribution is 5.82. The Morgan fingerprint density at radius 3 is 3.08 bits per heavy atom. The molecule has 1 heterocycles. The second-order valence-corrected chi connectivity index (χ2v) is 2.33. The maximum Gasteiger partial charge on any atom is 0.310 e. The van der Waals surface area contributed by atoms with Crippen molar-refractivity contribution in [1.82, 2.24) is 0 Å². The van der Waals surface area contributed by atoms with Gasteiger partial charge in [0.25, 0.3) is 0 Å². The second-order valence-electron chi connectivity index (χ2n) is 2.33. The molecule has 1 rings (SSSR count). The van der Waals surface area contributed by atoms with Crippen molar-refractivity contribution >= 4 is 11.9 Å². The fourth-order valence-corrected chi connectivity index (χ4v) is 0.775. The van der Waals surface area contributed by atoms with Crippen molar-refractivity contribution in [3.63, 3.8) is 0 Å². The maximum atomic E-state index is 10.6. The summed E-state index contributed by atoms with van der Waals surface area (Å²) in [6.07, 6.45) is 4.11. The van der Waals surface area contributed by atoms with E-state index in [1.807, 2.05) is 0 Å². The minimum Gasteiger partial charge on any atom is -0.462 e. The molecule has 0 aromatic heterocycles. The minimum absolute atomic E-state index is 0.0887. The van der Waals surface area contributed by atoms with E-state index < -0.39 is 12.1 Å². The Kier molecular flexibility index (Phi) is 3.08. The Morgan fingerprint density at radius 2 is 2.50 bits per heavy atom. The summed E-state index contributed by atoms with van der Waals surface area (Å²) >= 11 is 0. The summed E-state index contributed by atoms with van der Waals surface area (Å²) in [6.45, 7) is 1.39. The third kappa shape index (κ3) is 2.90. The molecule has 3 radical (unpaired) electrons. The zero-order chi connectivity index (χ0) is 8.97. The molecule has 1 fully saturated rings. The van der Waals surface area contributed by atoms with Gasteiger partial charge in [-0.05, 0) is 6.42 Å². The number of carbonyl (C=O) groups excluding carboxylic acids is 2. The van der Waals surface area contributed by atoms with Crippen LogP contribution in [-0.2, 0) is 19.1 Å². The van der Waals surface area contributed by atoms with Crippen molar-refractivity contribution in [1.29, 1.82) is 0 Å². The molecule has 0 aromatic carbocycles. The average molecular weight is 169 g/mol. The zero-order valence-electron chi connectivity index (χ0n) is 6.65. The molecule has 0 spiro atoms.